The number of halogens is 4. The van der Waals surface area contributed by atoms with Crippen molar-refractivity contribution in [2.45, 2.75) is 70.5 Å². The fourth-order valence-electron chi connectivity index (χ4n) is 8.72. The molecule has 2 fully saturated rings. The van der Waals surface area contributed by atoms with E-state index in [0.29, 0.717) is 63.0 Å². The minimum Gasteiger partial charge on any atom is -0.448 e. The summed E-state index contributed by atoms with van der Waals surface area (Å²) in [5, 5.41) is 15.1. The van der Waals surface area contributed by atoms with Crippen LogP contribution in [0.1, 0.15) is 54.1 Å². The van der Waals surface area contributed by atoms with Gasteiger partial charge in [0.25, 0.3) is 25.8 Å². The van der Waals surface area contributed by atoms with Gasteiger partial charge in [-0.3, -0.25) is 9.69 Å². The van der Waals surface area contributed by atoms with Gasteiger partial charge in [-0.1, -0.05) is 66.2 Å². The molecule has 13 nitrogen and oxygen atoms in total. The van der Waals surface area contributed by atoms with Gasteiger partial charge in [0.2, 0.25) is 0 Å². The smallest absolute Gasteiger partial charge is 0.448 e. The van der Waals surface area contributed by atoms with Crippen molar-refractivity contribution in [1.82, 2.24) is 9.62 Å². The molecule has 0 radical (unpaired) electrons. The molecule has 362 valence electrons. The largest absolute Gasteiger partial charge is 0.501 e. The van der Waals surface area contributed by atoms with Crippen LogP contribution in [0, 0.1) is 5.92 Å². The summed E-state index contributed by atoms with van der Waals surface area (Å²) in [5.74, 6) is -0.827. The average Bonchev–Trinajstić information content (AvgIpc) is 3.76. The third-order valence-corrected chi connectivity index (χ3v) is 16.5. The topological polar surface area (TPSA) is 188 Å². The minimum atomic E-state index is -6.13. The second-order valence-corrected chi connectivity index (χ2v) is 21.8. The first-order valence-corrected chi connectivity index (χ1v) is 26.2. The number of amides is 2. The number of alkyl halides is 3. The second-order valence-electron chi connectivity index (χ2n) is 16.7. The molecule has 0 saturated carbocycles. The highest BCUT2D eigenvalue weighted by Crippen LogP contribution is 2.39. The number of piperidine rings is 1. The lowest BCUT2D eigenvalue weighted by Gasteiger charge is -2.36. The van der Waals surface area contributed by atoms with Crippen LogP contribution in [0.5, 0.6) is 0 Å². The summed E-state index contributed by atoms with van der Waals surface area (Å²) in [7, 11) is -11.0. The number of benzene rings is 5. The zero-order valence-electron chi connectivity index (χ0n) is 36.6. The second kappa shape index (κ2) is 22.0. The predicted octanol–water partition coefficient (Wildman–Crippen LogP) is 8.89. The van der Waals surface area contributed by atoms with Crippen LogP contribution >= 0.6 is 23.4 Å². The van der Waals surface area contributed by atoms with Crippen molar-refractivity contribution < 1.29 is 49.4 Å². The molecule has 2 heterocycles. The summed E-state index contributed by atoms with van der Waals surface area (Å²) >= 11 is 7.50. The van der Waals surface area contributed by atoms with E-state index in [1.165, 1.54) is 23.9 Å². The number of rotatable bonds is 18. The molecule has 20 heteroatoms. The average molecular weight is 1010 g/mol. The van der Waals surface area contributed by atoms with E-state index in [1.54, 1.807) is 24.3 Å². The Balaban J connectivity index is 1.04. The molecule has 0 aliphatic carbocycles. The molecular weight excluding hydrogens is 963 g/mol. The minimum absolute atomic E-state index is 0.0307. The van der Waals surface area contributed by atoms with E-state index < -0.39 is 65.0 Å². The van der Waals surface area contributed by atoms with Gasteiger partial charge in [-0.2, -0.15) is 13.2 Å². The molecule has 5 aromatic rings. The summed E-state index contributed by atoms with van der Waals surface area (Å²) in [5.41, 5.74) is 2.22. The molecule has 0 bridgehead atoms. The number of likely N-dealkylation sites (tertiary alicyclic amines) is 1. The lowest BCUT2D eigenvalue weighted by Crippen LogP contribution is -2.38. The number of anilines is 2. The van der Waals surface area contributed by atoms with Crippen LogP contribution in [0.15, 0.2) is 136 Å². The third kappa shape index (κ3) is 12.5. The van der Waals surface area contributed by atoms with Crippen LogP contribution < -0.4 is 20.7 Å². The number of hydrogen-bond donors (Lipinski definition) is 4. The Bertz CT molecular complexity index is 2770. The monoisotopic (exact) mass is 1010 g/mol. The molecule has 3 atom stereocenters. The molecule has 2 saturated heterocycles. The Hall–Kier alpha value is -5.31. The lowest BCUT2D eigenvalue weighted by atomic mass is 9.84. The fraction of sp³-hybridized carbons (Fsp3) is 0.333. The maximum Gasteiger partial charge on any atom is 0.501 e. The first-order valence-electron chi connectivity index (χ1n) is 21.9. The zero-order valence-corrected chi connectivity index (χ0v) is 39.9. The van der Waals surface area contributed by atoms with Gasteiger partial charge in [-0.05, 0) is 128 Å². The molecule has 0 aromatic heterocycles. The van der Waals surface area contributed by atoms with Gasteiger partial charge in [-0.15, -0.1) is 11.8 Å². The molecule has 2 aliphatic rings. The van der Waals surface area contributed by atoms with Crippen LogP contribution in [0.2, 0.25) is 5.02 Å². The first kappa shape index (κ1) is 50.6. The fourth-order valence-corrected chi connectivity index (χ4v) is 11.8. The number of thioether (sulfide) groups is 1. The van der Waals surface area contributed by atoms with E-state index >= 15 is 0 Å². The number of nitrogens with zero attached hydrogens (tertiary/aromatic N) is 2. The molecule has 5 aromatic carbocycles. The number of aliphatic hydroxyl groups is 1. The maximum atomic E-state index is 14.3. The Kier molecular flexibility index (Phi) is 16.3. The van der Waals surface area contributed by atoms with Crippen molar-refractivity contribution in [3.05, 3.63) is 137 Å². The highest BCUT2D eigenvalue weighted by atomic mass is 35.5. The van der Waals surface area contributed by atoms with Crippen LogP contribution in [-0.4, -0.2) is 95.0 Å². The van der Waals surface area contributed by atoms with Gasteiger partial charge in [0.05, 0.1) is 16.7 Å². The van der Waals surface area contributed by atoms with Gasteiger partial charge in [0.15, 0.2) is 0 Å². The normalized spacial score (nSPS) is 17.1. The summed E-state index contributed by atoms with van der Waals surface area (Å²) in [6, 6.07) is 32.0. The number of sulfonamides is 1. The summed E-state index contributed by atoms with van der Waals surface area (Å²) in [6.07, 6.45) is 1.55. The highest BCUT2D eigenvalue weighted by Gasteiger charge is 2.48. The van der Waals surface area contributed by atoms with Gasteiger partial charge in [0.1, 0.15) is 11.5 Å². The van der Waals surface area contributed by atoms with E-state index in [9.17, 15) is 44.7 Å². The Morgan fingerprint density at radius 2 is 1.54 bits per heavy atom. The van der Waals surface area contributed by atoms with Crippen molar-refractivity contribution in [2.24, 2.45) is 11.7 Å². The first-order chi connectivity index (χ1) is 32.4. The summed E-state index contributed by atoms with van der Waals surface area (Å²) in [4.78, 5) is 27.3. The van der Waals surface area contributed by atoms with Crippen LogP contribution in [-0.2, 0) is 24.6 Å². The molecular formula is C48H51ClF3N5O8S3. The Morgan fingerprint density at radius 1 is 0.868 bits per heavy atom. The lowest BCUT2D eigenvalue weighted by molar-refractivity contribution is -0.0436. The molecule has 2 amide bonds. The van der Waals surface area contributed by atoms with E-state index in [4.69, 9.17) is 22.1 Å². The molecule has 7 rings (SSSR count). The van der Waals surface area contributed by atoms with Gasteiger partial charge in [0, 0.05) is 58.6 Å². The molecule has 68 heavy (non-hydrogen) atoms. The number of aliphatic hydroxyl groups excluding tert-OH is 1. The number of carbonyl (C=O) groups excluding carboxylic acids is 2. The summed E-state index contributed by atoms with van der Waals surface area (Å²) in [6.45, 7) is 2.24. The highest BCUT2D eigenvalue weighted by molar-refractivity contribution is 7.99. The Labute approximate surface area is 403 Å². The van der Waals surface area contributed by atoms with E-state index in [1.807, 2.05) is 71.5 Å². The van der Waals surface area contributed by atoms with E-state index in [0.717, 1.165) is 45.8 Å². The molecule has 2 aliphatic heterocycles. The van der Waals surface area contributed by atoms with Crippen molar-refractivity contribution in [3.63, 3.8) is 0 Å². The van der Waals surface area contributed by atoms with Crippen molar-refractivity contribution in [2.75, 3.05) is 48.8 Å². The SMILES string of the molecule is NC(=O)OCCN1CCC[C@H]1CC(CSc1ccccc1)Nc1ccc(S(=O)(=O)NC(=O)c2ccc(N3CCC(C(O)c4ccccc4-c4ccc(Cl)cc4)CC3)cc2)cc1S(=O)(=O)C(F)(F)F. The molecule has 5 N–H and O–H groups in total. The predicted molar refractivity (Wildman–Crippen MR) is 257 cm³/mol. The van der Waals surface area contributed by atoms with E-state index in [2.05, 4.69) is 15.1 Å². The number of primary amides is 1. The van der Waals surface area contributed by atoms with Crippen LogP contribution in [0.4, 0.5) is 29.3 Å². The van der Waals surface area contributed by atoms with Gasteiger partial charge >= 0.3 is 11.6 Å². The number of hydrogen-bond acceptors (Lipinski definition) is 12. The zero-order chi connectivity index (χ0) is 48.6. The molecule has 0 spiro atoms. The third-order valence-electron chi connectivity index (χ3n) is 12.2. The number of nitrogens with one attached hydrogen (secondary N) is 2. The molecule has 2 unspecified atom stereocenters. The van der Waals surface area contributed by atoms with Crippen LogP contribution in [0.3, 0.4) is 0 Å². The van der Waals surface area contributed by atoms with E-state index in [-0.39, 0.29) is 29.9 Å². The number of carbonyl (C=O) groups is 2. The van der Waals surface area contributed by atoms with Crippen molar-refractivity contribution >= 4 is 66.6 Å². The quantitative estimate of drug-likeness (QED) is 0.0612. The Morgan fingerprint density at radius 3 is 2.22 bits per heavy atom. The summed E-state index contributed by atoms with van der Waals surface area (Å²) < 4.78 is 103. The van der Waals surface area contributed by atoms with Crippen molar-refractivity contribution in [1.29, 1.82) is 0 Å². The number of nitrogens with two attached hydrogens (primary N) is 1. The number of sulfone groups is 1. The van der Waals surface area contributed by atoms with Crippen LogP contribution in [0.25, 0.3) is 11.1 Å². The van der Waals surface area contributed by atoms with Crippen molar-refractivity contribution in [3.8, 4) is 11.1 Å². The van der Waals surface area contributed by atoms with Gasteiger partial charge < -0.3 is 25.8 Å². The maximum absolute atomic E-state index is 14.3. The number of ether oxygens (including phenoxy) is 1. The van der Waals surface area contributed by atoms with Gasteiger partial charge in [-0.25, -0.2) is 26.4 Å². The standard InChI is InChI=1S/C48H51ClF3N5O8S3/c49-35-16-12-32(13-17-35)41-10-4-5-11-42(41)45(58)33-22-25-57(26-23-33)37-18-14-34(15-19-37)46(59)55-68(63,64)40-20-21-43(44(30-40)67(61,62)48(50,51)52)54-36(31-66-39-8-2-1-3-9-39)29-38-7-6-24-56(38)27-28-65-47(53)60/h1-5,8-21,30,33,36,38,45,54,58H,6-7,22-29,31H2,(H2,53,60)(H,55,59)/t36?,38-,45?/m0/s1.